The van der Waals surface area contributed by atoms with Crippen molar-refractivity contribution in [1.82, 2.24) is 14.6 Å². The van der Waals surface area contributed by atoms with Crippen LogP contribution in [0.1, 0.15) is 32.6 Å². The summed E-state index contributed by atoms with van der Waals surface area (Å²) >= 11 is 0. The minimum atomic E-state index is -3.55. The number of nitrogens with zero attached hydrogens (tertiary/aromatic N) is 1. The molecule has 1 aromatic heterocycles. The van der Waals surface area contributed by atoms with Crippen molar-refractivity contribution in [2.75, 3.05) is 32.8 Å². The first-order valence-electron chi connectivity index (χ1n) is 13.7. The molecule has 0 saturated carbocycles. The molecule has 0 bridgehead atoms. The van der Waals surface area contributed by atoms with Crippen LogP contribution in [-0.4, -0.2) is 67.8 Å². The van der Waals surface area contributed by atoms with E-state index >= 15 is 0 Å². The Balaban J connectivity index is 1.09. The molecular weight excluding hydrogens is 514 g/mol. The normalized spacial score (nSPS) is 16.1. The number of nitrogens with one attached hydrogen (secondary N) is 2. The molecule has 9 heteroatoms. The van der Waals surface area contributed by atoms with Gasteiger partial charge in [-0.15, -0.1) is 0 Å². The Kier molecular flexibility index (Phi) is 8.72. The molecular formula is C30H37N3O5S. The number of unbranched alkanes of at least 4 members (excludes halogenated alkanes) is 1. The van der Waals surface area contributed by atoms with Crippen LogP contribution >= 0.6 is 0 Å². The van der Waals surface area contributed by atoms with Gasteiger partial charge in [0.25, 0.3) is 0 Å². The van der Waals surface area contributed by atoms with E-state index in [-0.39, 0.29) is 17.5 Å². The third kappa shape index (κ3) is 6.38. The van der Waals surface area contributed by atoms with Crippen LogP contribution in [0.2, 0.25) is 0 Å². The molecule has 0 aliphatic carbocycles. The highest BCUT2D eigenvalue weighted by molar-refractivity contribution is 7.89. The van der Waals surface area contributed by atoms with Crippen LogP contribution < -0.4 is 14.8 Å². The highest BCUT2D eigenvalue weighted by Crippen LogP contribution is 2.33. The number of aliphatic hydroxyl groups is 1. The van der Waals surface area contributed by atoms with Gasteiger partial charge in [-0.3, -0.25) is 0 Å². The molecule has 0 amide bonds. The smallest absolute Gasteiger partial charge is 0.243 e. The third-order valence-corrected chi connectivity index (χ3v) is 9.16. The molecule has 39 heavy (non-hydrogen) atoms. The summed E-state index contributed by atoms with van der Waals surface area (Å²) in [5, 5.41) is 16.1. The summed E-state index contributed by atoms with van der Waals surface area (Å²) < 4.78 is 39.4. The van der Waals surface area contributed by atoms with Gasteiger partial charge in [0.15, 0.2) is 0 Å². The molecule has 5 rings (SSSR count). The maximum absolute atomic E-state index is 13.1. The number of rotatable bonds is 12. The topological polar surface area (TPSA) is 104 Å². The van der Waals surface area contributed by atoms with E-state index < -0.39 is 16.1 Å². The van der Waals surface area contributed by atoms with Crippen LogP contribution in [0, 0.1) is 0 Å². The number of sulfonamides is 1. The standard InChI is InChI=1S/C30H37N3O5S/c1-2-3-19-37-24-11-13-25(14-12-24)39(35,36)33-17-15-22(16-18-33)31-20-23(34)21-38-29-10-6-9-28-30(29)26-7-4-5-8-27(26)32-28/h4-14,22-23,31-32,34H,2-3,15-21H2,1H3/t23-/m0/s1. The van der Waals surface area contributed by atoms with E-state index in [0.29, 0.717) is 44.8 Å². The molecule has 1 aliphatic heterocycles. The first-order valence-corrected chi connectivity index (χ1v) is 15.2. The van der Waals surface area contributed by atoms with Crippen LogP contribution in [0.4, 0.5) is 0 Å². The van der Waals surface area contributed by atoms with Gasteiger partial charge < -0.3 is 24.9 Å². The van der Waals surface area contributed by atoms with E-state index in [1.165, 1.54) is 0 Å². The first-order chi connectivity index (χ1) is 19.0. The largest absolute Gasteiger partial charge is 0.494 e. The monoisotopic (exact) mass is 551 g/mol. The summed E-state index contributed by atoms with van der Waals surface area (Å²) in [4.78, 5) is 3.69. The number of piperidine rings is 1. The van der Waals surface area contributed by atoms with Gasteiger partial charge in [-0.1, -0.05) is 37.6 Å². The molecule has 4 aromatic rings. The Morgan fingerprint density at radius 2 is 1.74 bits per heavy atom. The van der Waals surface area contributed by atoms with Crippen LogP contribution in [0.15, 0.2) is 71.6 Å². The fourth-order valence-electron chi connectivity index (χ4n) is 5.03. The Morgan fingerprint density at radius 1 is 1.00 bits per heavy atom. The number of ether oxygens (including phenoxy) is 2. The zero-order valence-corrected chi connectivity index (χ0v) is 23.1. The molecule has 1 atom stereocenters. The number of para-hydroxylation sites is 1. The molecule has 0 spiro atoms. The second kappa shape index (κ2) is 12.4. The van der Waals surface area contributed by atoms with E-state index in [1.807, 2.05) is 36.4 Å². The Labute approximate surface area is 230 Å². The van der Waals surface area contributed by atoms with Crippen molar-refractivity contribution in [1.29, 1.82) is 0 Å². The van der Waals surface area contributed by atoms with Crippen LogP contribution in [-0.2, 0) is 10.0 Å². The average molecular weight is 552 g/mol. The van der Waals surface area contributed by atoms with Crippen molar-refractivity contribution in [3.05, 3.63) is 66.7 Å². The Hall–Kier alpha value is -3.11. The predicted octanol–water partition coefficient (Wildman–Crippen LogP) is 4.68. The number of fused-ring (bicyclic) bond motifs is 3. The minimum Gasteiger partial charge on any atom is -0.494 e. The third-order valence-electron chi connectivity index (χ3n) is 7.25. The summed E-state index contributed by atoms with van der Waals surface area (Å²) in [5.74, 6) is 1.43. The average Bonchev–Trinajstić information content (AvgIpc) is 3.35. The molecule has 208 valence electrons. The first kappa shape index (κ1) is 27.5. The molecule has 2 heterocycles. The van der Waals surface area contributed by atoms with Gasteiger partial charge in [-0.05, 0) is 61.7 Å². The molecule has 0 radical (unpaired) electrons. The Bertz CT molecular complexity index is 1480. The number of aliphatic hydroxyl groups excluding tert-OH is 1. The minimum absolute atomic E-state index is 0.137. The molecule has 8 nitrogen and oxygen atoms in total. The van der Waals surface area contributed by atoms with E-state index in [4.69, 9.17) is 9.47 Å². The zero-order chi connectivity index (χ0) is 27.2. The summed E-state index contributed by atoms with van der Waals surface area (Å²) in [6, 6.07) is 20.8. The van der Waals surface area contributed by atoms with Crippen LogP contribution in [0.5, 0.6) is 11.5 Å². The van der Waals surface area contributed by atoms with E-state index in [0.717, 1.165) is 40.4 Å². The second-order valence-corrected chi connectivity index (χ2v) is 12.0. The van der Waals surface area contributed by atoms with Gasteiger partial charge in [0, 0.05) is 42.0 Å². The van der Waals surface area contributed by atoms with Gasteiger partial charge >= 0.3 is 0 Å². The summed E-state index contributed by atoms with van der Waals surface area (Å²) in [6.45, 7) is 4.14. The number of aromatic amines is 1. The lowest BCUT2D eigenvalue weighted by Gasteiger charge is -2.32. The summed E-state index contributed by atoms with van der Waals surface area (Å²) in [7, 11) is -3.55. The van der Waals surface area contributed by atoms with Crippen LogP contribution in [0.3, 0.4) is 0 Å². The second-order valence-electron chi connectivity index (χ2n) is 10.1. The maximum Gasteiger partial charge on any atom is 0.243 e. The van der Waals surface area contributed by atoms with Crippen molar-refractivity contribution in [3.8, 4) is 11.5 Å². The fraction of sp³-hybridized carbons (Fsp3) is 0.400. The molecule has 3 N–H and O–H groups in total. The Morgan fingerprint density at radius 3 is 2.51 bits per heavy atom. The lowest BCUT2D eigenvalue weighted by atomic mass is 10.1. The maximum atomic E-state index is 13.1. The lowest BCUT2D eigenvalue weighted by molar-refractivity contribution is 0.102. The number of benzene rings is 3. The molecule has 3 aromatic carbocycles. The van der Waals surface area contributed by atoms with Crippen molar-refractivity contribution >= 4 is 31.8 Å². The predicted molar refractivity (Wildman–Crippen MR) is 154 cm³/mol. The van der Waals surface area contributed by atoms with Gasteiger partial charge in [0.1, 0.15) is 24.2 Å². The highest BCUT2D eigenvalue weighted by Gasteiger charge is 2.29. The van der Waals surface area contributed by atoms with Crippen molar-refractivity contribution in [3.63, 3.8) is 0 Å². The lowest BCUT2D eigenvalue weighted by Crippen LogP contribution is -2.47. The van der Waals surface area contributed by atoms with Gasteiger partial charge in [-0.25, -0.2) is 8.42 Å². The number of hydrogen-bond acceptors (Lipinski definition) is 6. The zero-order valence-electron chi connectivity index (χ0n) is 22.3. The molecule has 1 fully saturated rings. The van der Waals surface area contributed by atoms with E-state index in [2.05, 4.69) is 23.3 Å². The molecule has 1 aliphatic rings. The van der Waals surface area contributed by atoms with Crippen molar-refractivity contribution in [2.24, 2.45) is 0 Å². The van der Waals surface area contributed by atoms with Gasteiger partial charge in [-0.2, -0.15) is 4.31 Å². The van der Waals surface area contributed by atoms with Crippen LogP contribution in [0.25, 0.3) is 21.8 Å². The SMILES string of the molecule is CCCCOc1ccc(S(=O)(=O)N2CCC(NC[C@H](O)COc3cccc4[nH]c5ccccc5c34)CC2)cc1. The van der Waals surface area contributed by atoms with Crippen molar-refractivity contribution < 1.29 is 23.0 Å². The van der Waals surface area contributed by atoms with E-state index in [1.54, 1.807) is 28.6 Å². The number of hydrogen-bond donors (Lipinski definition) is 3. The number of aromatic nitrogens is 1. The molecule has 0 unspecified atom stereocenters. The van der Waals surface area contributed by atoms with Gasteiger partial charge in [0.05, 0.1) is 17.0 Å². The summed E-state index contributed by atoms with van der Waals surface area (Å²) in [5.41, 5.74) is 2.05. The van der Waals surface area contributed by atoms with E-state index in [9.17, 15) is 13.5 Å². The summed E-state index contributed by atoms with van der Waals surface area (Å²) in [6.07, 6.45) is 2.69. The van der Waals surface area contributed by atoms with Crippen molar-refractivity contribution in [2.45, 2.75) is 49.6 Å². The molecule has 1 saturated heterocycles. The quantitative estimate of drug-likeness (QED) is 0.221. The fourth-order valence-corrected chi connectivity index (χ4v) is 6.50. The number of H-pyrrole nitrogens is 1. The van der Waals surface area contributed by atoms with Gasteiger partial charge in [0.2, 0.25) is 10.0 Å². The highest BCUT2D eigenvalue weighted by atomic mass is 32.2.